The molecular weight excluding hydrogens is 249 g/mol. The fourth-order valence-electron chi connectivity index (χ4n) is 1.76. The van der Waals surface area contributed by atoms with Crippen LogP contribution in [-0.4, -0.2) is 26.8 Å². The van der Waals surface area contributed by atoms with Gasteiger partial charge in [-0.05, 0) is 25.1 Å². The summed E-state index contributed by atoms with van der Waals surface area (Å²) in [5, 5.41) is 8.82. The van der Waals surface area contributed by atoms with Crippen LogP contribution in [0.5, 0.6) is 0 Å². The molecule has 0 bridgehead atoms. The summed E-state index contributed by atoms with van der Waals surface area (Å²) in [6, 6.07) is 3.91. The summed E-state index contributed by atoms with van der Waals surface area (Å²) in [7, 11) is 0. The number of fused-ring (bicyclic) bond motifs is 1. The number of aryl methyl sites for hydroxylation is 1. The average Bonchev–Trinajstić information content (AvgIpc) is 2.53. The lowest BCUT2D eigenvalue weighted by molar-refractivity contribution is -0.140. The van der Waals surface area contributed by atoms with Crippen LogP contribution in [0.4, 0.5) is 13.2 Å². The monoisotopic (exact) mass is 258 g/mol. The molecule has 1 heterocycles. The lowest BCUT2D eigenvalue weighted by atomic mass is 10.2. The Labute approximate surface area is 99.7 Å². The molecule has 0 saturated heterocycles. The van der Waals surface area contributed by atoms with Gasteiger partial charge in [0.2, 0.25) is 0 Å². The maximum atomic E-state index is 12.4. The number of aromatic carboxylic acids is 1. The maximum Gasteiger partial charge on any atom is 0.406 e. The molecule has 1 aromatic heterocycles. The summed E-state index contributed by atoms with van der Waals surface area (Å²) in [4.78, 5) is 14.8. The first-order chi connectivity index (χ1) is 8.28. The molecule has 0 radical (unpaired) electrons. The fraction of sp³-hybridized carbons (Fsp3) is 0.273. The van der Waals surface area contributed by atoms with Crippen LogP contribution < -0.4 is 0 Å². The van der Waals surface area contributed by atoms with Gasteiger partial charge in [-0.25, -0.2) is 9.78 Å². The Morgan fingerprint density at radius 1 is 1.44 bits per heavy atom. The third-order valence-corrected chi connectivity index (χ3v) is 2.52. The number of benzene rings is 1. The van der Waals surface area contributed by atoms with Crippen molar-refractivity contribution in [3.05, 3.63) is 29.6 Å². The summed E-state index contributed by atoms with van der Waals surface area (Å²) < 4.78 is 38.2. The van der Waals surface area contributed by atoms with Crippen LogP contribution in [0.25, 0.3) is 11.0 Å². The molecule has 0 amide bonds. The predicted molar refractivity (Wildman–Crippen MR) is 57.5 cm³/mol. The molecule has 0 saturated carbocycles. The van der Waals surface area contributed by atoms with Crippen LogP contribution in [0.3, 0.4) is 0 Å². The predicted octanol–water partition coefficient (Wildman–Crippen LogP) is 2.61. The molecule has 18 heavy (non-hydrogen) atoms. The minimum absolute atomic E-state index is 0.0641. The Morgan fingerprint density at radius 2 is 2.11 bits per heavy atom. The van der Waals surface area contributed by atoms with Crippen molar-refractivity contribution < 1.29 is 23.1 Å². The molecule has 96 valence electrons. The molecule has 4 nitrogen and oxygen atoms in total. The lowest BCUT2D eigenvalue weighted by Crippen LogP contribution is -2.18. The minimum Gasteiger partial charge on any atom is -0.478 e. The van der Waals surface area contributed by atoms with Gasteiger partial charge in [0.25, 0.3) is 0 Å². The van der Waals surface area contributed by atoms with Crippen molar-refractivity contribution >= 4 is 17.0 Å². The van der Waals surface area contributed by atoms with Crippen molar-refractivity contribution in [3.63, 3.8) is 0 Å². The zero-order chi connectivity index (χ0) is 13.5. The molecule has 0 aliphatic carbocycles. The highest BCUT2D eigenvalue weighted by Crippen LogP contribution is 2.24. The van der Waals surface area contributed by atoms with Crippen LogP contribution in [0, 0.1) is 6.92 Å². The molecule has 0 spiro atoms. The second-order valence-corrected chi connectivity index (χ2v) is 3.87. The lowest BCUT2D eigenvalue weighted by Gasteiger charge is -2.10. The standard InChI is InChI=1S/C11H9F3N2O2/c1-6-15-8-3-2-7(10(17)18)4-9(8)16(6)5-11(12,13)14/h2-4H,5H2,1H3,(H,17,18). The second kappa shape index (κ2) is 4.01. The third kappa shape index (κ3) is 2.29. The van der Waals surface area contributed by atoms with Crippen LogP contribution in [0.15, 0.2) is 18.2 Å². The van der Waals surface area contributed by atoms with Crippen molar-refractivity contribution in [1.29, 1.82) is 0 Å². The molecule has 0 aliphatic heterocycles. The van der Waals surface area contributed by atoms with E-state index in [1.54, 1.807) is 0 Å². The molecular formula is C11H9F3N2O2. The highest BCUT2D eigenvalue weighted by Gasteiger charge is 2.29. The van der Waals surface area contributed by atoms with E-state index in [4.69, 9.17) is 5.11 Å². The average molecular weight is 258 g/mol. The molecule has 1 aromatic carbocycles. The van der Waals surface area contributed by atoms with E-state index >= 15 is 0 Å². The van der Waals surface area contributed by atoms with Gasteiger partial charge in [0, 0.05) is 0 Å². The van der Waals surface area contributed by atoms with E-state index in [-0.39, 0.29) is 16.9 Å². The quantitative estimate of drug-likeness (QED) is 0.900. The number of hydrogen-bond donors (Lipinski definition) is 1. The zero-order valence-electron chi connectivity index (χ0n) is 9.32. The summed E-state index contributed by atoms with van der Waals surface area (Å²) in [5.41, 5.74) is 0.456. The Kier molecular flexibility index (Phi) is 2.76. The van der Waals surface area contributed by atoms with E-state index in [1.165, 1.54) is 25.1 Å². The topological polar surface area (TPSA) is 55.1 Å². The molecule has 0 aliphatic rings. The van der Waals surface area contributed by atoms with Crippen molar-refractivity contribution in [3.8, 4) is 0 Å². The third-order valence-electron chi connectivity index (χ3n) is 2.52. The number of imidazole rings is 1. The summed E-state index contributed by atoms with van der Waals surface area (Å²) in [6.07, 6.45) is -4.38. The van der Waals surface area contributed by atoms with Crippen molar-refractivity contribution in [1.82, 2.24) is 9.55 Å². The first-order valence-corrected chi connectivity index (χ1v) is 5.05. The number of hydrogen-bond acceptors (Lipinski definition) is 2. The Hall–Kier alpha value is -2.05. The van der Waals surface area contributed by atoms with Gasteiger partial charge < -0.3 is 9.67 Å². The second-order valence-electron chi connectivity index (χ2n) is 3.87. The van der Waals surface area contributed by atoms with E-state index in [0.29, 0.717) is 5.52 Å². The van der Waals surface area contributed by atoms with Crippen molar-refractivity contribution in [2.75, 3.05) is 0 Å². The van der Waals surface area contributed by atoms with Gasteiger partial charge in [0.15, 0.2) is 0 Å². The number of carboxylic acid groups (broad SMARTS) is 1. The first kappa shape index (κ1) is 12.4. The highest BCUT2D eigenvalue weighted by molar-refractivity contribution is 5.92. The first-order valence-electron chi connectivity index (χ1n) is 5.05. The molecule has 0 atom stereocenters. The number of alkyl halides is 3. The molecule has 0 fully saturated rings. The maximum absolute atomic E-state index is 12.4. The molecule has 1 N–H and O–H groups in total. The van der Waals surface area contributed by atoms with E-state index < -0.39 is 18.7 Å². The smallest absolute Gasteiger partial charge is 0.406 e. The van der Waals surface area contributed by atoms with Gasteiger partial charge >= 0.3 is 12.1 Å². The van der Waals surface area contributed by atoms with Gasteiger partial charge in [-0.15, -0.1) is 0 Å². The van der Waals surface area contributed by atoms with E-state index in [2.05, 4.69) is 4.98 Å². The fourth-order valence-corrected chi connectivity index (χ4v) is 1.76. The van der Waals surface area contributed by atoms with E-state index in [9.17, 15) is 18.0 Å². The molecule has 7 heteroatoms. The molecule has 0 unspecified atom stereocenters. The van der Waals surface area contributed by atoms with Crippen molar-refractivity contribution in [2.24, 2.45) is 0 Å². The van der Waals surface area contributed by atoms with E-state index in [0.717, 1.165) is 4.57 Å². The van der Waals surface area contributed by atoms with Gasteiger partial charge in [-0.3, -0.25) is 0 Å². The van der Waals surface area contributed by atoms with Crippen molar-refractivity contribution in [2.45, 2.75) is 19.6 Å². The van der Waals surface area contributed by atoms with Gasteiger partial charge in [0.1, 0.15) is 12.4 Å². The number of halogens is 3. The highest BCUT2D eigenvalue weighted by atomic mass is 19.4. The minimum atomic E-state index is -4.38. The number of aromatic nitrogens is 2. The number of carboxylic acids is 1. The SMILES string of the molecule is Cc1nc2ccc(C(=O)O)cc2n1CC(F)(F)F. The number of rotatable bonds is 2. The zero-order valence-corrected chi connectivity index (χ0v) is 9.32. The Morgan fingerprint density at radius 3 is 2.67 bits per heavy atom. The normalized spacial score (nSPS) is 12.0. The van der Waals surface area contributed by atoms with Crippen LogP contribution in [-0.2, 0) is 6.54 Å². The Balaban J connectivity index is 2.60. The Bertz CT molecular complexity index is 617. The largest absolute Gasteiger partial charge is 0.478 e. The van der Waals surface area contributed by atoms with E-state index in [1.807, 2.05) is 0 Å². The molecule has 2 rings (SSSR count). The van der Waals surface area contributed by atoms with Gasteiger partial charge in [-0.1, -0.05) is 0 Å². The van der Waals surface area contributed by atoms with Crippen LogP contribution in [0.1, 0.15) is 16.2 Å². The summed E-state index contributed by atoms with van der Waals surface area (Å²) in [6.45, 7) is 0.268. The number of carbonyl (C=O) groups is 1. The summed E-state index contributed by atoms with van der Waals surface area (Å²) >= 11 is 0. The molecule has 2 aromatic rings. The summed E-state index contributed by atoms with van der Waals surface area (Å²) in [5.74, 6) is -0.987. The number of nitrogens with zero attached hydrogens (tertiary/aromatic N) is 2. The van der Waals surface area contributed by atoms with Gasteiger partial charge in [-0.2, -0.15) is 13.2 Å². The van der Waals surface area contributed by atoms with Gasteiger partial charge in [0.05, 0.1) is 16.6 Å². The van der Waals surface area contributed by atoms with Crippen LogP contribution in [0.2, 0.25) is 0 Å². The van der Waals surface area contributed by atoms with Crippen LogP contribution >= 0.6 is 0 Å².